The summed E-state index contributed by atoms with van der Waals surface area (Å²) in [6.07, 6.45) is 4.77. The van der Waals surface area contributed by atoms with Crippen LogP contribution < -0.4 is 0 Å². The van der Waals surface area contributed by atoms with Crippen LogP contribution in [-0.4, -0.2) is 31.7 Å². The van der Waals surface area contributed by atoms with Crippen molar-refractivity contribution in [2.75, 3.05) is 25.7 Å². The summed E-state index contributed by atoms with van der Waals surface area (Å²) in [7, 11) is 0. The standard InChI is InChI=1S/C10H19ClO3/c1-2-3-4-5-6-13-7-8-14-10(12)9-11/h2-9H2,1H3. The van der Waals surface area contributed by atoms with E-state index in [2.05, 4.69) is 6.92 Å². The minimum Gasteiger partial charge on any atom is -0.462 e. The molecule has 0 aromatic rings. The van der Waals surface area contributed by atoms with Crippen LogP contribution in [0.15, 0.2) is 0 Å². The van der Waals surface area contributed by atoms with Gasteiger partial charge in [-0.3, -0.25) is 4.79 Å². The van der Waals surface area contributed by atoms with E-state index in [9.17, 15) is 4.79 Å². The van der Waals surface area contributed by atoms with Gasteiger partial charge in [0.2, 0.25) is 0 Å². The first kappa shape index (κ1) is 13.7. The molecular weight excluding hydrogens is 204 g/mol. The molecule has 0 bridgehead atoms. The molecule has 0 aliphatic carbocycles. The monoisotopic (exact) mass is 222 g/mol. The van der Waals surface area contributed by atoms with E-state index in [1.165, 1.54) is 19.3 Å². The molecule has 84 valence electrons. The predicted molar refractivity (Wildman–Crippen MR) is 56.6 cm³/mol. The van der Waals surface area contributed by atoms with Crippen LogP contribution >= 0.6 is 11.6 Å². The fourth-order valence-corrected chi connectivity index (χ4v) is 1.06. The maximum Gasteiger partial charge on any atom is 0.320 e. The molecule has 0 heterocycles. The maximum absolute atomic E-state index is 10.6. The van der Waals surface area contributed by atoms with Gasteiger partial charge in [-0.2, -0.15) is 0 Å². The zero-order valence-corrected chi connectivity index (χ0v) is 9.52. The molecule has 0 saturated carbocycles. The Kier molecular flexibility index (Phi) is 10.6. The molecular formula is C10H19ClO3. The van der Waals surface area contributed by atoms with E-state index in [0.29, 0.717) is 13.2 Å². The van der Waals surface area contributed by atoms with Crippen molar-refractivity contribution < 1.29 is 14.3 Å². The van der Waals surface area contributed by atoms with E-state index >= 15 is 0 Å². The molecule has 0 aromatic heterocycles. The first-order valence-corrected chi connectivity index (χ1v) is 5.64. The number of esters is 1. The summed E-state index contributed by atoms with van der Waals surface area (Å²) in [5.41, 5.74) is 0. The third-order valence-electron chi connectivity index (χ3n) is 1.74. The lowest BCUT2D eigenvalue weighted by Gasteiger charge is -2.04. The van der Waals surface area contributed by atoms with Gasteiger partial charge in [0.25, 0.3) is 0 Å². The van der Waals surface area contributed by atoms with Crippen LogP contribution in [0.4, 0.5) is 0 Å². The zero-order chi connectivity index (χ0) is 10.6. The van der Waals surface area contributed by atoms with Crippen molar-refractivity contribution in [1.29, 1.82) is 0 Å². The smallest absolute Gasteiger partial charge is 0.320 e. The van der Waals surface area contributed by atoms with Crippen molar-refractivity contribution >= 4 is 17.6 Å². The summed E-state index contributed by atoms with van der Waals surface area (Å²) in [5, 5.41) is 0. The van der Waals surface area contributed by atoms with Crippen LogP contribution in [0.3, 0.4) is 0 Å². The number of carbonyl (C=O) groups excluding carboxylic acids is 1. The molecule has 0 aromatic carbocycles. The first-order valence-electron chi connectivity index (χ1n) is 5.10. The average Bonchev–Trinajstić information content (AvgIpc) is 2.21. The highest BCUT2D eigenvalue weighted by molar-refractivity contribution is 6.26. The minimum absolute atomic E-state index is 0.0868. The highest BCUT2D eigenvalue weighted by atomic mass is 35.5. The SMILES string of the molecule is CCCCCCOCCOC(=O)CCl. The van der Waals surface area contributed by atoms with E-state index in [1.807, 2.05) is 0 Å². The lowest BCUT2D eigenvalue weighted by atomic mass is 10.2. The van der Waals surface area contributed by atoms with Crippen LogP contribution in [0.5, 0.6) is 0 Å². The molecule has 14 heavy (non-hydrogen) atoms. The maximum atomic E-state index is 10.6. The number of unbranched alkanes of at least 4 members (excludes halogenated alkanes) is 3. The van der Waals surface area contributed by atoms with E-state index in [1.54, 1.807) is 0 Å². The predicted octanol–water partition coefficient (Wildman–Crippen LogP) is 2.37. The largest absolute Gasteiger partial charge is 0.462 e. The molecule has 0 aliphatic heterocycles. The molecule has 0 unspecified atom stereocenters. The van der Waals surface area contributed by atoms with Gasteiger partial charge in [-0.1, -0.05) is 26.2 Å². The summed E-state index contributed by atoms with van der Waals surface area (Å²) in [6.45, 7) is 3.69. The highest BCUT2D eigenvalue weighted by Gasteiger charge is 1.98. The molecule has 0 N–H and O–H groups in total. The van der Waals surface area contributed by atoms with Crippen molar-refractivity contribution in [3.63, 3.8) is 0 Å². The molecule has 0 fully saturated rings. The zero-order valence-electron chi connectivity index (χ0n) is 8.76. The normalized spacial score (nSPS) is 10.1. The third kappa shape index (κ3) is 9.81. The third-order valence-corrected chi connectivity index (χ3v) is 1.96. The van der Waals surface area contributed by atoms with E-state index in [0.717, 1.165) is 13.0 Å². The number of carbonyl (C=O) groups is 1. The second-order valence-corrected chi connectivity index (χ2v) is 3.29. The Balaban J connectivity index is 2.95. The minimum atomic E-state index is -0.388. The fraction of sp³-hybridized carbons (Fsp3) is 0.900. The van der Waals surface area contributed by atoms with E-state index in [4.69, 9.17) is 21.1 Å². The number of ether oxygens (including phenoxy) is 2. The van der Waals surface area contributed by atoms with Gasteiger partial charge in [0.15, 0.2) is 0 Å². The molecule has 0 atom stereocenters. The molecule has 0 spiro atoms. The number of halogens is 1. The summed E-state index contributed by atoms with van der Waals surface area (Å²) in [5.74, 6) is -0.475. The Labute approximate surface area is 90.7 Å². The first-order chi connectivity index (χ1) is 6.81. The average molecular weight is 223 g/mol. The quantitative estimate of drug-likeness (QED) is 0.341. The van der Waals surface area contributed by atoms with Gasteiger partial charge in [0, 0.05) is 6.61 Å². The van der Waals surface area contributed by atoms with Crippen LogP contribution in [0.25, 0.3) is 0 Å². The van der Waals surface area contributed by atoms with Gasteiger partial charge in [0.1, 0.15) is 12.5 Å². The fourth-order valence-electron chi connectivity index (χ4n) is 0.986. The second-order valence-electron chi connectivity index (χ2n) is 3.03. The second kappa shape index (κ2) is 10.8. The van der Waals surface area contributed by atoms with Gasteiger partial charge < -0.3 is 9.47 Å². The Morgan fingerprint density at radius 2 is 1.93 bits per heavy atom. The molecule has 0 amide bonds. The van der Waals surface area contributed by atoms with Crippen LogP contribution in [-0.2, 0) is 14.3 Å². The molecule has 4 heteroatoms. The van der Waals surface area contributed by atoms with Gasteiger partial charge >= 0.3 is 5.97 Å². The van der Waals surface area contributed by atoms with Crippen molar-refractivity contribution in [1.82, 2.24) is 0 Å². The van der Waals surface area contributed by atoms with Crippen molar-refractivity contribution in [2.24, 2.45) is 0 Å². The van der Waals surface area contributed by atoms with Gasteiger partial charge in [-0.15, -0.1) is 11.6 Å². The molecule has 3 nitrogen and oxygen atoms in total. The summed E-state index contributed by atoms with van der Waals surface area (Å²) in [6, 6.07) is 0. The lowest BCUT2D eigenvalue weighted by molar-refractivity contribution is -0.142. The Morgan fingerprint density at radius 3 is 2.57 bits per heavy atom. The van der Waals surface area contributed by atoms with Crippen molar-refractivity contribution in [2.45, 2.75) is 32.6 Å². The summed E-state index contributed by atoms with van der Waals surface area (Å²) in [4.78, 5) is 10.6. The summed E-state index contributed by atoms with van der Waals surface area (Å²) >= 11 is 5.23. The van der Waals surface area contributed by atoms with E-state index < -0.39 is 0 Å². The van der Waals surface area contributed by atoms with E-state index in [-0.39, 0.29) is 11.8 Å². The molecule has 0 rings (SSSR count). The van der Waals surface area contributed by atoms with Gasteiger partial charge in [0.05, 0.1) is 6.61 Å². The Bertz CT molecular complexity index is 139. The van der Waals surface area contributed by atoms with Crippen LogP contribution in [0, 0.1) is 0 Å². The van der Waals surface area contributed by atoms with Gasteiger partial charge in [-0.05, 0) is 6.42 Å². The Hall–Kier alpha value is -0.280. The summed E-state index contributed by atoms with van der Waals surface area (Å²) < 4.78 is 9.98. The number of hydrogen-bond donors (Lipinski definition) is 0. The topological polar surface area (TPSA) is 35.5 Å². The number of alkyl halides is 1. The van der Waals surface area contributed by atoms with Crippen molar-refractivity contribution in [3.8, 4) is 0 Å². The van der Waals surface area contributed by atoms with Crippen LogP contribution in [0.1, 0.15) is 32.6 Å². The number of hydrogen-bond acceptors (Lipinski definition) is 3. The highest BCUT2D eigenvalue weighted by Crippen LogP contribution is 1.98. The van der Waals surface area contributed by atoms with Crippen LogP contribution in [0.2, 0.25) is 0 Å². The molecule has 0 aliphatic rings. The van der Waals surface area contributed by atoms with Crippen molar-refractivity contribution in [3.05, 3.63) is 0 Å². The molecule has 0 radical (unpaired) electrons. The Morgan fingerprint density at radius 1 is 1.14 bits per heavy atom. The molecule has 0 saturated heterocycles. The van der Waals surface area contributed by atoms with Gasteiger partial charge in [-0.25, -0.2) is 0 Å². The number of rotatable bonds is 9. The lowest BCUT2D eigenvalue weighted by Crippen LogP contribution is -2.11.